The number of carbonyl (C=O) groups is 3. The molecule has 0 aromatic heterocycles. The van der Waals surface area contributed by atoms with Crippen LogP contribution < -0.4 is 15.5 Å². The summed E-state index contributed by atoms with van der Waals surface area (Å²) in [7, 11) is 0. The lowest BCUT2D eigenvalue weighted by Crippen LogP contribution is -2.46. The number of urea groups is 1. The maximum absolute atomic E-state index is 12.9. The highest BCUT2D eigenvalue weighted by molar-refractivity contribution is 6.30. The second-order valence-electron chi connectivity index (χ2n) is 8.03. The van der Waals surface area contributed by atoms with E-state index < -0.39 is 30.2 Å². The van der Waals surface area contributed by atoms with Crippen LogP contribution in [0.5, 0.6) is 0 Å². The smallest absolute Gasteiger partial charge is 0.322 e. The van der Waals surface area contributed by atoms with Gasteiger partial charge in [0.05, 0.1) is 12.7 Å². The van der Waals surface area contributed by atoms with E-state index in [2.05, 4.69) is 10.6 Å². The topological polar surface area (TPSA) is 111 Å². The van der Waals surface area contributed by atoms with Crippen molar-refractivity contribution in [3.05, 3.63) is 53.6 Å². The number of hydrogen-bond donors (Lipinski definition) is 3. The summed E-state index contributed by atoms with van der Waals surface area (Å²) in [6.07, 6.45) is -1.15. The molecule has 2 saturated heterocycles. The molecule has 0 saturated carbocycles. The number of rotatable bonds is 4. The van der Waals surface area contributed by atoms with Gasteiger partial charge in [-0.15, -0.1) is 0 Å². The van der Waals surface area contributed by atoms with Gasteiger partial charge in [0.15, 0.2) is 0 Å². The Balaban J connectivity index is 1.40. The number of aliphatic hydroxyl groups is 1. The number of nitrogens with zero attached hydrogens (tertiary/aromatic N) is 2. The van der Waals surface area contributed by atoms with Gasteiger partial charge in [-0.1, -0.05) is 11.6 Å². The van der Waals surface area contributed by atoms with Crippen LogP contribution in [0.1, 0.15) is 13.3 Å². The second kappa shape index (κ2) is 9.78. The predicted molar refractivity (Wildman–Crippen MR) is 124 cm³/mol. The van der Waals surface area contributed by atoms with Crippen molar-refractivity contribution in [1.29, 1.82) is 0 Å². The maximum Gasteiger partial charge on any atom is 0.322 e. The number of halogens is 1. The van der Waals surface area contributed by atoms with Gasteiger partial charge in [0.2, 0.25) is 5.91 Å². The largest absolute Gasteiger partial charge is 0.391 e. The average molecular weight is 473 g/mol. The zero-order valence-electron chi connectivity index (χ0n) is 18.0. The van der Waals surface area contributed by atoms with Crippen molar-refractivity contribution in [1.82, 2.24) is 4.90 Å². The molecule has 10 heteroatoms. The first-order valence-electron chi connectivity index (χ1n) is 10.7. The van der Waals surface area contributed by atoms with Crippen LogP contribution in [0, 0.1) is 0 Å². The Kier molecular flexibility index (Phi) is 6.83. The molecular weight excluding hydrogens is 448 g/mol. The number of benzene rings is 2. The summed E-state index contributed by atoms with van der Waals surface area (Å²) < 4.78 is 5.34. The minimum Gasteiger partial charge on any atom is -0.391 e. The number of morpholine rings is 1. The summed E-state index contributed by atoms with van der Waals surface area (Å²) in [5, 5.41) is 16.2. The lowest BCUT2D eigenvalue weighted by atomic mass is 10.1. The first kappa shape index (κ1) is 23.0. The van der Waals surface area contributed by atoms with Crippen LogP contribution in [-0.4, -0.2) is 65.8 Å². The first-order valence-corrected chi connectivity index (χ1v) is 11.0. The van der Waals surface area contributed by atoms with Crippen LogP contribution in [0.4, 0.5) is 21.9 Å². The van der Waals surface area contributed by atoms with E-state index in [0.29, 0.717) is 35.2 Å². The zero-order valence-corrected chi connectivity index (χ0v) is 18.8. The van der Waals surface area contributed by atoms with Crippen molar-refractivity contribution in [3.8, 4) is 0 Å². The predicted octanol–water partition coefficient (Wildman–Crippen LogP) is 2.70. The molecule has 9 nitrogen and oxygen atoms in total. The van der Waals surface area contributed by atoms with Gasteiger partial charge in [0.25, 0.3) is 5.91 Å². The fourth-order valence-electron chi connectivity index (χ4n) is 3.94. The van der Waals surface area contributed by atoms with Crippen molar-refractivity contribution in [3.63, 3.8) is 0 Å². The van der Waals surface area contributed by atoms with Crippen molar-refractivity contribution >= 4 is 46.5 Å². The minimum absolute atomic E-state index is 0.0494. The number of anilines is 3. The Morgan fingerprint density at radius 2 is 1.70 bits per heavy atom. The normalized spacial score (nSPS) is 22.9. The van der Waals surface area contributed by atoms with E-state index in [9.17, 15) is 19.5 Å². The summed E-state index contributed by atoms with van der Waals surface area (Å²) in [6, 6.07) is 12.2. The number of amides is 4. The standard InChI is InChI=1S/C23H25ClN4O5/c1-14-22(31)27(10-11-33-14)18-8-6-16(7-9-18)25-21(30)20-12-19(29)13-28(20)23(32)26-17-4-2-15(24)3-5-17/h2-9,14,19-20,29H,10-13H2,1H3,(H,25,30)(H,26,32)/t14-,19-,20-/m1/s1. The van der Waals surface area contributed by atoms with Gasteiger partial charge in [-0.05, 0) is 55.5 Å². The molecule has 0 bridgehead atoms. The summed E-state index contributed by atoms with van der Waals surface area (Å²) in [4.78, 5) is 40.9. The number of nitrogens with one attached hydrogen (secondary N) is 2. The Labute approximate surface area is 196 Å². The first-order chi connectivity index (χ1) is 15.8. The molecular formula is C23H25ClN4O5. The molecule has 2 aromatic carbocycles. The molecule has 0 spiro atoms. The number of hydrogen-bond acceptors (Lipinski definition) is 5. The molecule has 174 valence electrons. The van der Waals surface area contributed by atoms with Crippen LogP contribution in [0.3, 0.4) is 0 Å². The molecule has 4 amide bonds. The van der Waals surface area contributed by atoms with Crippen molar-refractivity contribution < 1.29 is 24.2 Å². The van der Waals surface area contributed by atoms with Crippen LogP contribution in [0.2, 0.25) is 5.02 Å². The lowest BCUT2D eigenvalue weighted by molar-refractivity contribution is -0.132. The third-order valence-electron chi connectivity index (χ3n) is 5.68. The van der Waals surface area contributed by atoms with Gasteiger partial charge < -0.3 is 30.3 Å². The Hall–Kier alpha value is -3.14. The van der Waals surface area contributed by atoms with Crippen molar-refractivity contribution in [2.45, 2.75) is 31.6 Å². The third-order valence-corrected chi connectivity index (χ3v) is 5.93. The number of β-amino-alcohol motifs (C(OH)–C–C–N with tert-alkyl or cyclic N) is 1. The van der Waals surface area contributed by atoms with E-state index in [1.165, 1.54) is 4.90 Å². The van der Waals surface area contributed by atoms with Crippen LogP contribution in [0.15, 0.2) is 48.5 Å². The van der Waals surface area contributed by atoms with E-state index in [-0.39, 0.29) is 18.9 Å². The van der Waals surface area contributed by atoms with Crippen molar-refractivity contribution in [2.75, 3.05) is 35.2 Å². The quantitative estimate of drug-likeness (QED) is 0.633. The van der Waals surface area contributed by atoms with Gasteiger partial charge >= 0.3 is 6.03 Å². The van der Waals surface area contributed by atoms with E-state index in [0.717, 1.165) is 0 Å². The number of ether oxygens (including phenoxy) is 1. The molecule has 3 atom stereocenters. The summed E-state index contributed by atoms with van der Waals surface area (Å²) >= 11 is 5.87. The van der Waals surface area contributed by atoms with E-state index in [4.69, 9.17) is 16.3 Å². The molecule has 2 heterocycles. The monoisotopic (exact) mass is 472 g/mol. The summed E-state index contributed by atoms with van der Waals surface area (Å²) in [5.41, 5.74) is 1.78. The number of likely N-dealkylation sites (tertiary alicyclic amines) is 1. The molecule has 4 rings (SSSR count). The molecule has 2 aromatic rings. The number of aliphatic hydroxyl groups excluding tert-OH is 1. The highest BCUT2D eigenvalue weighted by atomic mass is 35.5. The van der Waals surface area contributed by atoms with Crippen LogP contribution in [0.25, 0.3) is 0 Å². The summed E-state index contributed by atoms with van der Waals surface area (Å²) in [5.74, 6) is -0.512. The lowest BCUT2D eigenvalue weighted by Gasteiger charge is -2.31. The van der Waals surface area contributed by atoms with Gasteiger partial charge in [-0.2, -0.15) is 0 Å². The van der Waals surface area contributed by atoms with Crippen LogP contribution in [-0.2, 0) is 14.3 Å². The average Bonchev–Trinajstić information content (AvgIpc) is 3.20. The molecule has 0 radical (unpaired) electrons. The molecule has 0 unspecified atom stereocenters. The van der Waals surface area contributed by atoms with Gasteiger partial charge in [0.1, 0.15) is 12.1 Å². The van der Waals surface area contributed by atoms with E-state index in [1.807, 2.05) is 0 Å². The van der Waals surface area contributed by atoms with Gasteiger partial charge in [0, 0.05) is 41.6 Å². The molecule has 3 N–H and O–H groups in total. The van der Waals surface area contributed by atoms with Gasteiger partial charge in [-0.25, -0.2) is 4.79 Å². The zero-order chi connectivity index (χ0) is 23.5. The molecule has 0 aliphatic carbocycles. The minimum atomic E-state index is -0.825. The number of carbonyl (C=O) groups excluding carboxylic acids is 3. The highest BCUT2D eigenvalue weighted by Crippen LogP contribution is 2.24. The molecule has 33 heavy (non-hydrogen) atoms. The van der Waals surface area contributed by atoms with Crippen LogP contribution >= 0.6 is 11.6 Å². The maximum atomic E-state index is 12.9. The van der Waals surface area contributed by atoms with Gasteiger partial charge in [-0.3, -0.25) is 9.59 Å². The highest BCUT2D eigenvalue weighted by Gasteiger charge is 2.39. The SMILES string of the molecule is C[C@H]1OCCN(c2ccc(NC(=O)[C@H]3C[C@@H](O)CN3C(=O)Nc3ccc(Cl)cc3)cc2)C1=O. The fraction of sp³-hybridized carbons (Fsp3) is 0.348. The second-order valence-corrected chi connectivity index (χ2v) is 8.47. The molecule has 2 fully saturated rings. The molecule has 2 aliphatic heterocycles. The fourth-order valence-corrected chi connectivity index (χ4v) is 4.07. The third kappa shape index (κ3) is 5.27. The Bertz CT molecular complexity index is 1030. The molecule has 2 aliphatic rings. The van der Waals surface area contributed by atoms with Crippen molar-refractivity contribution in [2.24, 2.45) is 0 Å². The van der Waals surface area contributed by atoms with E-state index in [1.54, 1.807) is 60.4 Å². The summed E-state index contributed by atoms with van der Waals surface area (Å²) in [6.45, 7) is 2.69. The van der Waals surface area contributed by atoms with E-state index >= 15 is 0 Å². The Morgan fingerprint density at radius 3 is 2.39 bits per heavy atom. The Morgan fingerprint density at radius 1 is 1.06 bits per heavy atom.